The molecule has 20 heavy (non-hydrogen) atoms. The lowest BCUT2D eigenvalue weighted by atomic mass is 10.0. The minimum absolute atomic E-state index is 0. The van der Waals surface area contributed by atoms with Gasteiger partial charge in [-0.05, 0) is 23.5 Å². The van der Waals surface area contributed by atoms with Crippen LogP contribution >= 0.6 is 12.4 Å². The van der Waals surface area contributed by atoms with Gasteiger partial charge >= 0.3 is 0 Å². The molecular weight excluding hydrogens is 276 g/mol. The molecule has 0 radical (unpaired) electrons. The molecule has 1 aromatic carbocycles. The van der Waals surface area contributed by atoms with Crippen LogP contribution in [0.15, 0.2) is 24.3 Å². The molecule has 1 aromatic rings. The van der Waals surface area contributed by atoms with Crippen molar-refractivity contribution in [3.05, 3.63) is 29.8 Å². The summed E-state index contributed by atoms with van der Waals surface area (Å²) in [5.74, 6) is 2.34. The minimum atomic E-state index is -0.302. The summed E-state index contributed by atoms with van der Waals surface area (Å²) in [6.45, 7) is 3.90. The molecule has 3 atom stereocenters. The molecule has 108 valence electrons. The Kier molecular flexibility index (Phi) is 3.61. The number of para-hydroxylation sites is 1. The molecule has 1 unspecified atom stereocenters. The first-order chi connectivity index (χ1) is 9.31. The van der Waals surface area contributed by atoms with Crippen molar-refractivity contribution >= 4 is 18.3 Å². The van der Waals surface area contributed by atoms with E-state index in [9.17, 15) is 4.79 Å². The molecule has 0 spiro atoms. The molecular formula is C15H19ClN2O2. The summed E-state index contributed by atoms with van der Waals surface area (Å²) in [4.78, 5) is 14.5. The van der Waals surface area contributed by atoms with Gasteiger partial charge in [0.1, 0.15) is 5.75 Å². The molecule has 0 saturated carbocycles. The highest BCUT2D eigenvalue weighted by Crippen LogP contribution is 2.31. The normalized spacial score (nSPS) is 30.4. The van der Waals surface area contributed by atoms with Crippen LogP contribution in [0.3, 0.4) is 0 Å². The topological polar surface area (TPSA) is 41.6 Å². The van der Waals surface area contributed by atoms with E-state index in [4.69, 9.17) is 4.74 Å². The predicted molar refractivity (Wildman–Crippen MR) is 78.2 cm³/mol. The van der Waals surface area contributed by atoms with Crippen molar-refractivity contribution < 1.29 is 9.53 Å². The lowest BCUT2D eigenvalue weighted by Crippen LogP contribution is -2.41. The number of nitrogens with one attached hydrogen (secondary N) is 1. The first-order valence-electron chi connectivity index (χ1n) is 7.05. The van der Waals surface area contributed by atoms with Crippen molar-refractivity contribution in [1.82, 2.24) is 10.2 Å². The van der Waals surface area contributed by atoms with Gasteiger partial charge in [-0.15, -0.1) is 12.4 Å². The van der Waals surface area contributed by atoms with Crippen LogP contribution in [0.5, 0.6) is 5.75 Å². The maximum atomic E-state index is 12.5. The lowest BCUT2D eigenvalue weighted by Gasteiger charge is -2.21. The van der Waals surface area contributed by atoms with Crippen molar-refractivity contribution in [2.24, 2.45) is 11.8 Å². The summed E-state index contributed by atoms with van der Waals surface area (Å²) in [6.07, 6.45) is 0.420. The van der Waals surface area contributed by atoms with Crippen LogP contribution in [-0.4, -0.2) is 43.1 Å². The maximum Gasteiger partial charge on any atom is 0.264 e. The van der Waals surface area contributed by atoms with E-state index in [2.05, 4.69) is 5.32 Å². The Balaban J connectivity index is 0.00000121. The van der Waals surface area contributed by atoms with Crippen LogP contribution in [0.4, 0.5) is 0 Å². The molecule has 3 aliphatic heterocycles. The molecule has 5 heteroatoms. The van der Waals surface area contributed by atoms with Gasteiger partial charge in [0.25, 0.3) is 5.91 Å². The van der Waals surface area contributed by atoms with Gasteiger partial charge in [-0.3, -0.25) is 4.79 Å². The molecule has 0 bridgehead atoms. The number of halogens is 1. The molecule has 1 amide bonds. The third kappa shape index (κ3) is 2.17. The fourth-order valence-corrected chi connectivity index (χ4v) is 3.56. The molecule has 0 aliphatic carbocycles. The Morgan fingerprint density at radius 3 is 2.60 bits per heavy atom. The fourth-order valence-electron chi connectivity index (χ4n) is 3.56. The van der Waals surface area contributed by atoms with Crippen LogP contribution in [0.2, 0.25) is 0 Å². The van der Waals surface area contributed by atoms with Gasteiger partial charge in [-0.25, -0.2) is 0 Å². The van der Waals surface area contributed by atoms with Crippen LogP contribution < -0.4 is 10.1 Å². The third-order valence-electron chi connectivity index (χ3n) is 4.62. The molecule has 4 rings (SSSR count). The first kappa shape index (κ1) is 13.7. The molecule has 0 aromatic heterocycles. The second-order valence-electron chi connectivity index (χ2n) is 5.84. The highest BCUT2D eigenvalue weighted by Gasteiger charge is 2.41. The fraction of sp³-hybridized carbons (Fsp3) is 0.533. The summed E-state index contributed by atoms with van der Waals surface area (Å²) in [5, 5.41) is 3.40. The zero-order valence-electron chi connectivity index (χ0n) is 11.2. The van der Waals surface area contributed by atoms with Crippen LogP contribution in [0.25, 0.3) is 0 Å². The zero-order chi connectivity index (χ0) is 12.8. The van der Waals surface area contributed by atoms with Crippen molar-refractivity contribution in [1.29, 1.82) is 0 Å². The lowest BCUT2D eigenvalue weighted by molar-refractivity contribution is -0.137. The number of rotatable bonds is 1. The molecule has 3 aliphatic rings. The van der Waals surface area contributed by atoms with Crippen LogP contribution in [0, 0.1) is 11.8 Å². The standard InChI is InChI=1S/C15H18N2O2.ClH/c18-15(17-8-11-6-16-7-12(11)9-17)14-5-10-3-1-2-4-13(10)19-14;/h1-4,11-12,14,16H,5-9H2;1H/t11-,12+,14?;. The van der Waals surface area contributed by atoms with Crippen molar-refractivity contribution in [3.8, 4) is 5.75 Å². The number of hydrogen-bond donors (Lipinski definition) is 1. The summed E-state index contributed by atoms with van der Waals surface area (Å²) in [7, 11) is 0. The van der Waals surface area contributed by atoms with E-state index in [1.807, 2.05) is 29.2 Å². The smallest absolute Gasteiger partial charge is 0.264 e. The first-order valence-corrected chi connectivity index (χ1v) is 7.05. The quantitative estimate of drug-likeness (QED) is 0.843. The van der Waals surface area contributed by atoms with E-state index < -0.39 is 0 Å². The molecule has 2 saturated heterocycles. The number of carbonyl (C=O) groups excluding carboxylic acids is 1. The second-order valence-corrected chi connectivity index (χ2v) is 5.84. The van der Waals surface area contributed by atoms with E-state index >= 15 is 0 Å². The Labute approximate surface area is 124 Å². The predicted octanol–water partition coefficient (Wildman–Crippen LogP) is 1.09. The van der Waals surface area contributed by atoms with E-state index in [0.29, 0.717) is 11.8 Å². The summed E-state index contributed by atoms with van der Waals surface area (Å²) in [5.41, 5.74) is 1.15. The number of hydrogen-bond acceptors (Lipinski definition) is 3. The average molecular weight is 295 g/mol. The molecule has 4 nitrogen and oxygen atoms in total. The maximum absolute atomic E-state index is 12.5. The van der Waals surface area contributed by atoms with Crippen LogP contribution in [0.1, 0.15) is 5.56 Å². The number of fused-ring (bicyclic) bond motifs is 2. The Morgan fingerprint density at radius 2 is 1.90 bits per heavy atom. The summed E-state index contributed by atoms with van der Waals surface area (Å²) >= 11 is 0. The van der Waals surface area contributed by atoms with Crippen molar-refractivity contribution in [3.63, 3.8) is 0 Å². The van der Waals surface area contributed by atoms with E-state index in [-0.39, 0.29) is 24.4 Å². The monoisotopic (exact) mass is 294 g/mol. The highest BCUT2D eigenvalue weighted by molar-refractivity contribution is 5.85. The van der Waals surface area contributed by atoms with Gasteiger partial charge in [0, 0.05) is 32.6 Å². The highest BCUT2D eigenvalue weighted by atomic mass is 35.5. The largest absolute Gasteiger partial charge is 0.480 e. The van der Waals surface area contributed by atoms with Crippen molar-refractivity contribution in [2.75, 3.05) is 26.2 Å². The Bertz CT molecular complexity index is 485. The van der Waals surface area contributed by atoms with Gasteiger partial charge < -0.3 is 15.0 Å². The van der Waals surface area contributed by atoms with E-state index in [1.165, 1.54) is 0 Å². The number of likely N-dealkylation sites (tertiary alicyclic amines) is 1. The number of amides is 1. The van der Waals surface area contributed by atoms with Gasteiger partial charge in [-0.1, -0.05) is 18.2 Å². The molecule has 1 N–H and O–H groups in total. The van der Waals surface area contributed by atoms with Gasteiger partial charge in [-0.2, -0.15) is 0 Å². The second kappa shape index (κ2) is 5.26. The van der Waals surface area contributed by atoms with Gasteiger partial charge in [0.2, 0.25) is 0 Å². The zero-order valence-corrected chi connectivity index (χ0v) is 12.1. The summed E-state index contributed by atoms with van der Waals surface area (Å²) < 4.78 is 5.80. The van der Waals surface area contributed by atoms with Crippen LogP contribution in [-0.2, 0) is 11.2 Å². The number of benzene rings is 1. The minimum Gasteiger partial charge on any atom is -0.480 e. The SMILES string of the molecule is Cl.O=C(C1Cc2ccccc2O1)N1C[C@H]2CNC[C@H]2C1. The van der Waals surface area contributed by atoms with E-state index in [0.717, 1.165) is 43.9 Å². The number of nitrogens with zero attached hydrogens (tertiary/aromatic N) is 1. The Morgan fingerprint density at radius 1 is 1.20 bits per heavy atom. The molecule has 3 heterocycles. The van der Waals surface area contributed by atoms with E-state index in [1.54, 1.807) is 0 Å². The molecule has 2 fully saturated rings. The average Bonchev–Trinajstić information content (AvgIpc) is 3.10. The number of carbonyl (C=O) groups is 1. The third-order valence-corrected chi connectivity index (χ3v) is 4.62. The summed E-state index contributed by atoms with van der Waals surface area (Å²) in [6, 6.07) is 7.95. The van der Waals surface area contributed by atoms with Crippen molar-refractivity contribution in [2.45, 2.75) is 12.5 Å². The van der Waals surface area contributed by atoms with Gasteiger partial charge in [0.15, 0.2) is 6.10 Å². The number of ether oxygens (including phenoxy) is 1. The van der Waals surface area contributed by atoms with Gasteiger partial charge in [0.05, 0.1) is 0 Å². The Hall–Kier alpha value is -1.26.